The number of carbonyl (C=O) groups excluding carboxylic acids is 1. The minimum atomic E-state index is -0.754. The molecular formula is C13H17N3O3S. The molecule has 1 aromatic rings. The Balaban J connectivity index is 1.62. The summed E-state index contributed by atoms with van der Waals surface area (Å²) in [6.07, 6.45) is 4.24. The number of carboxylic acids is 1. The molecule has 0 unspecified atom stereocenters. The van der Waals surface area contributed by atoms with Crippen molar-refractivity contribution in [3.63, 3.8) is 0 Å². The number of hydrogen-bond donors (Lipinski definition) is 2. The fourth-order valence-corrected chi connectivity index (χ4v) is 3.95. The molecule has 1 saturated carbocycles. The summed E-state index contributed by atoms with van der Waals surface area (Å²) in [5.74, 6) is -0.652. The lowest BCUT2D eigenvalue weighted by atomic mass is 9.81. The number of aromatic nitrogens is 1. The van der Waals surface area contributed by atoms with Crippen LogP contribution in [0.25, 0.3) is 0 Å². The third kappa shape index (κ3) is 2.15. The van der Waals surface area contributed by atoms with Gasteiger partial charge >= 0.3 is 12.0 Å². The van der Waals surface area contributed by atoms with E-state index in [1.165, 1.54) is 11.3 Å². The van der Waals surface area contributed by atoms with Crippen LogP contribution >= 0.6 is 11.3 Å². The van der Waals surface area contributed by atoms with Crippen LogP contribution in [0, 0.1) is 11.3 Å². The molecule has 0 spiro atoms. The van der Waals surface area contributed by atoms with E-state index < -0.39 is 11.4 Å². The molecule has 3 rings (SSSR count). The Morgan fingerprint density at radius 3 is 3.10 bits per heavy atom. The van der Waals surface area contributed by atoms with E-state index in [1.54, 1.807) is 11.1 Å². The second-order valence-electron chi connectivity index (χ2n) is 5.52. The maximum Gasteiger partial charge on any atom is 0.317 e. The number of fused-ring (bicyclic) bond motifs is 1. The molecule has 2 N–H and O–H groups in total. The Kier molecular flexibility index (Phi) is 3.37. The molecule has 2 aliphatic rings. The van der Waals surface area contributed by atoms with Gasteiger partial charge in [0.1, 0.15) is 5.01 Å². The summed E-state index contributed by atoms with van der Waals surface area (Å²) >= 11 is 1.49. The van der Waals surface area contributed by atoms with Crippen molar-refractivity contribution in [1.29, 1.82) is 0 Å². The molecule has 1 aliphatic heterocycles. The van der Waals surface area contributed by atoms with Crippen LogP contribution in [0.2, 0.25) is 0 Å². The number of aliphatic carboxylic acids is 1. The van der Waals surface area contributed by atoms with Crippen LogP contribution in [0.15, 0.2) is 11.6 Å². The molecule has 6 nitrogen and oxygen atoms in total. The lowest BCUT2D eigenvalue weighted by Crippen LogP contribution is -2.41. The molecule has 2 fully saturated rings. The largest absolute Gasteiger partial charge is 0.481 e. The molecule has 0 aromatic carbocycles. The molecule has 108 valence electrons. The molecule has 1 aromatic heterocycles. The first kappa shape index (κ1) is 13.4. The number of amides is 2. The summed E-state index contributed by atoms with van der Waals surface area (Å²) < 4.78 is 0. The van der Waals surface area contributed by atoms with Crippen LogP contribution in [-0.2, 0) is 11.3 Å². The van der Waals surface area contributed by atoms with Crippen molar-refractivity contribution in [3.8, 4) is 0 Å². The van der Waals surface area contributed by atoms with Crippen LogP contribution in [0.1, 0.15) is 24.3 Å². The number of urea groups is 1. The zero-order chi connectivity index (χ0) is 14.2. The van der Waals surface area contributed by atoms with Gasteiger partial charge < -0.3 is 15.3 Å². The monoisotopic (exact) mass is 295 g/mol. The van der Waals surface area contributed by atoms with Crippen LogP contribution in [0.5, 0.6) is 0 Å². The molecule has 0 bridgehead atoms. The Morgan fingerprint density at radius 2 is 2.45 bits per heavy atom. The molecule has 2 heterocycles. The lowest BCUT2D eigenvalue weighted by molar-refractivity contribution is -0.149. The normalized spacial score (nSPS) is 28.4. The Morgan fingerprint density at radius 1 is 1.60 bits per heavy atom. The van der Waals surface area contributed by atoms with Crippen molar-refractivity contribution < 1.29 is 14.7 Å². The summed E-state index contributed by atoms with van der Waals surface area (Å²) in [5.41, 5.74) is -0.710. The quantitative estimate of drug-likeness (QED) is 0.886. The van der Waals surface area contributed by atoms with Crippen molar-refractivity contribution in [2.45, 2.75) is 25.8 Å². The Hall–Kier alpha value is -1.63. The standard InChI is InChI=1S/C13H17N3O3S/c17-11(18)13-3-1-2-9(13)7-16(8-13)12(19)15-6-10-14-4-5-20-10/h4-5,9H,1-3,6-8H2,(H,15,19)(H,17,18)/t9-,13+/m0/s1. The zero-order valence-corrected chi connectivity index (χ0v) is 11.9. The van der Waals surface area contributed by atoms with Crippen molar-refractivity contribution >= 4 is 23.3 Å². The van der Waals surface area contributed by atoms with Crippen LogP contribution in [0.3, 0.4) is 0 Å². The first-order valence-corrected chi connectivity index (χ1v) is 7.64. The van der Waals surface area contributed by atoms with Crippen molar-refractivity contribution in [1.82, 2.24) is 15.2 Å². The van der Waals surface area contributed by atoms with Gasteiger partial charge in [-0.05, 0) is 18.8 Å². The van der Waals surface area contributed by atoms with E-state index in [4.69, 9.17) is 0 Å². The third-order valence-corrected chi connectivity index (χ3v) is 5.24. The first-order valence-electron chi connectivity index (χ1n) is 6.76. The molecule has 1 saturated heterocycles. The maximum atomic E-state index is 12.1. The molecule has 1 aliphatic carbocycles. The van der Waals surface area contributed by atoms with Crippen molar-refractivity contribution in [2.75, 3.05) is 13.1 Å². The zero-order valence-electron chi connectivity index (χ0n) is 11.0. The number of hydrogen-bond acceptors (Lipinski definition) is 4. The van der Waals surface area contributed by atoms with Gasteiger partial charge in [-0.2, -0.15) is 0 Å². The topological polar surface area (TPSA) is 82.5 Å². The van der Waals surface area contributed by atoms with Gasteiger partial charge in [0.15, 0.2) is 0 Å². The van der Waals surface area contributed by atoms with Gasteiger partial charge in [0.2, 0.25) is 0 Å². The van der Waals surface area contributed by atoms with E-state index in [2.05, 4.69) is 10.3 Å². The number of nitrogens with one attached hydrogen (secondary N) is 1. The highest BCUT2D eigenvalue weighted by Crippen LogP contribution is 2.48. The Bertz CT molecular complexity index is 519. The van der Waals surface area contributed by atoms with Gasteiger partial charge in [-0.3, -0.25) is 4.79 Å². The number of carbonyl (C=O) groups is 2. The SMILES string of the molecule is O=C(NCc1nccs1)N1C[C@@H]2CCC[C@@]2(C(=O)O)C1. The highest BCUT2D eigenvalue weighted by molar-refractivity contribution is 7.09. The number of likely N-dealkylation sites (tertiary alicyclic amines) is 1. The molecular weight excluding hydrogens is 278 g/mol. The summed E-state index contributed by atoms with van der Waals surface area (Å²) in [5, 5.41) is 15.0. The highest BCUT2D eigenvalue weighted by atomic mass is 32.1. The van der Waals surface area contributed by atoms with Gasteiger partial charge in [0, 0.05) is 24.7 Å². The minimum Gasteiger partial charge on any atom is -0.481 e. The molecule has 20 heavy (non-hydrogen) atoms. The van der Waals surface area contributed by atoms with Crippen molar-refractivity contribution in [2.24, 2.45) is 11.3 Å². The van der Waals surface area contributed by atoms with E-state index in [9.17, 15) is 14.7 Å². The van der Waals surface area contributed by atoms with Crippen LogP contribution in [0.4, 0.5) is 4.79 Å². The van der Waals surface area contributed by atoms with E-state index in [-0.39, 0.29) is 11.9 Å². The Labute approximate surface area is 120 Å². The third-order valence-electron chi connectivity index (χ3n) is 4.46. The fraction of sp³-hybridized carbons (Fsp3) is 0.615. The van der Waals surface area contributed by atoms with E-state index >= 15 is 0 Å². The van der Waals surface area contributed by atoms with Crippen LogP contribution < -0.4 is 5.32 Å². The number of rotatable bonds is 3. The fourth-order valence-electron chi connectivity index (χ4n) is 3.40. The highest BCUT2D eigenvalue weighted by Gasteiger charge is 2.55. The molecule has 2 amide bonds. The second kappa shape index (κ2) is 5.05. The predicted octanol–water partition coefficient (Wildman–Crippen LogP) is 1.54. The summed E-state index contributed by atoms with van der Waals surface area (Å²) in [4.78, 5) is 29.4. The average molecular weight is 295 g/mol. The number of carboxylic acid groups (broad SMARTS) is 1. The first-order chi connectivity index (χ1) is 9.62. The second-order valence-corrected chi connectivity index (χ2v) is 6.49. The van der Waals surface area contributed by atoms with Gasteiger partial charge in [-0.25, -0.2) is 9.78 Å². The van der Waals surface area contributed by atoms with Gasteiger partial charge in [0.25, 0.3) is 0 Å². The van der Waals surface area contributed by atoms with Crippen molar-refractivity contribution in [3.05, 3.63) is 16.6 Å². The van der Waals surface area contributed by atoms with E-state index in [0.717, 1.165) is 17.8 Å². The maximum absolute atomic E-state index is 12.1. The molecule has 0 radical (unpaired) electrons. The lowest BCUT2D eigenvalue weighted by Gasteiger charge is -2.23. The summed E-state index contributed by atoms with van der Waals surface area (Å²) in [6.45, 7) is 1.28. The predicted molar refractivity (Wildman–Crippen MR) is 73.3 cm³/mol. The summed E-state index contributed by atoms with van der Waals surface area (Å²) in [6, 6.07) is -0.185. The van der Waals surface area contributed by atoms with Gasteiger partial charge in [0.05, 0.1) is 12.0 Å². The minimum absolute atomic E-state index is 0.102. The van der Waals surface area contributed by atoms with E-state index in [1.807, 2.05) is 5.38 Å². The summed E-state index contributed by atoms with van der Waals surface area (Å²) in [7, 11) is 0. The number of thiazole rings is 1. The number of nitrogens with zero attached hydrogens (tertiary/aromatic N) is 2. The molecule has 7 heteroatoms. The van der Waals surface area contributed by atoms with Gasteiger partial charge in [-0.1, -0.05) is 6.42 Å². The van der Waals surface area contributed by atoms with Gasteiger partial charge in [-0.15, -0.1) is 11.3 Å². The van der Waals surface area contributed by atoms with Crippen LogP contribution in [-0.4, -0.2) is 40.1 Å². The molecule has 2 atom stereocenters. The van der Waals surface area contributed by atoms with E-state index in [0.29, 0.717) is 26.1 Å². The average Bonchev–Trinajstić information content (AvgIpc) is 3.10. The smallest absolute Gasteiger partial charge is 0.317 e.